The van der Waals surface area contributed by atoms with Crippen LogP contribution in [0.4, 0.5) is 0 Å². The molecule has 1 aliphatic heterocycles. The molecule has 0 bridgehead atoms. The van der Waals surface area contributed by atoms with E-state index in [1.54, 1.807) is 0 Å². The topological polar surface area (TPSA) is 70.0 Å². The molecule has 5 nitrogen and oxygen atoms in total. The van der Waals surface area contributed by atoms with Crippen LogP contribution >= 0.6 is 0 Å². The maximum Gasteiger partial charge on any atom is 0.310 e. The minimum absolute atomic E-state index is 0.0584. The molecule has 2 atom stereocenters. The van der Waals surface area contributed by atoms with Crippen LogP contribution in [-0.4, -0.2) is 60.0 Å². The van der Waals surface area contributed by atoms with E-state index in [1.807, 2.05) is 11.8 Å². The molecule has 0 spiro atoms. The number of ether oxygens (including phenoxy) is 1. The normalized spacial score (nSPS) is 26.1. The Labute approximate surface area is 89.6 Å². The molecule has 2 unspecified atom stereocenters. The number of nitrogens with zero attached hydrogens (tertiary/aromatic N) is 1. The van der Waals surface area contributed by atoms with Crippen LogP contribution in [0.15, 0.2) is 0 Å². The number of hydrogen-bond donors (Lipinski definition) is 2. The first-order valence-electron chi connectivity index (χ1n) is 5.36. The molecule has 1 fully saturated rings. The van der Waals surface area contributed by atoms with Gasteiger partial charge in [-0.1, -0.05) is 6.92 Å². The van der Waals surface area contributed by atoms with Crippen LogP contribution in [0, 0.1) is 5.92 Å². The lowest BCUT2D eigenvalue weighted by molar-refractivity contribution is -0.143. The number of hydrogen-bond acceptors (Lipinski definition) is 4. The number of aliphatic hydroxyl groups excluding tert-OH is 1. The predicted octanol–water partition coefficient (Wildman–Crippen LogP) is -0.210. The Morgan fingerprint density at radius 1 is 1.47 bits per heavy atom. The van der Waals surface area contributed by atoms with Crippen molar-refractivity contribution >= 4 is 5.97 Å². The summed E-state index contributed by atoms with van der Waals surface area (Å²) in [6.45, 7) is 4.16. The van der Waals surface area contributed by atoms with E-state index in [0.29, 0.717) is 13.2 Å². The number of carbonyl (C=O) groups is 1. The average molecular weight is 217 g/mol. The van der Waals surface area contributed by atoms with Gasteiger partial charge in [0, 0.05) is 12.6 Å². The fourth-order valence-electron chi connectivity index (χ4n) is 2.00. The van der Waals surface area contributed by atoms with E-state index in [2.05, 4.69) is 0 Å². The van der Waals surface area contributed by atoms with Gasteiger partial charge in [-0.25, -0.2) is 0 Å². The summed E-state index contributed by atoms with van der Waals surface area (Å²) in [5.74, 6) is -1.26. The van der Waals surface area contributed by atoms with Gasteiger partial charge in [-0.3, -0.25) is 9.69 Å². The minimum Gasteiger partial charge on any atom is -0.481 e. The lowest BCUT2D eigenvalue weighted by atomic mass is 10.0. The molecule has 0 aromatic carbocycles. The number of carboxylic acid groups (broad SMARTS) is 1. The standard InChI is InChI=1S/C10H19NO4/c1-2-3-11(4-5-12)9-7-15-6-8(9)10(13)14/h8-9,12H,2-7H2,1H3,(H,13,14). The highest BCUT2D eigenvalue weighted by molar-refractivity contribution is 5.71. The van der Waals surface area contributed by atoms with Gasteiger partial charge in [-0.15, -0.1) is 0 Å². The van der Waals surface area contributed by atoms with Gasteiger partial charge in [0.05, 0.1) is 25.7 Å². The summed E-state index contributed by atoms with van der Waals surface area (Å²) >= 11 is 0. The van der Waals surface area contributed by atoms with E-state index in [4.69, 9.17) is 14.9 Å². The third-order valence-electron chi connectivity index (χ3n) is 2.73. The van der Waals surface area contributed by atoms with Gasteiger partial charge in [0.25, 0.3) is 0 Å². The Morgan fingerprint density at radius 3 is 2.73 bits per heavy atom. The number of carboxylic acids is 1. The number of rotatable bonds is 6. The van der Waals surface area contributed by atoms with Crippen molar-refractivity contribution in [2.75, 3.05) is 32.9 Å². The molecule has 0 aliphatic carbocycles. The highest BCUT2D eigenvalue weighted by atomic mass is 16.5. The smallest absolute Gasteiger partial charge is 0.310 e. The van der Waals surface area contributed by atoms with Gasteiger partial charge in [0.15, 0.2) is 0 Å². The fraction of sp³-hybridized carbons (Fsp3) is 0.900. The van der Waals surface area contributed by atoms with Crippen molar-refractivity contribution < 1.29 is 19.7 Å². The van der Waals surface area contributed by atoms with Crippen molar-refractivity contribution in [2.24, 2.45) is 5.92 Å². The Hall–Kier alpha value is -0.650. The molecule has 15 heavy (non-hydrogen) atoms. The molecule has 5 heteroatoms. The van der Waals surface area contributed by atoms with Crippen LogP contribution in [-0.2, 0) is 9.53 Å². The van der Waals surface area contributed by atoms with Crippen molar-refractivity contribution in [3.8, 4) is 0 Å². The summed E-state index contributed by atoms with van der Waals surface area (Å²) in [5.41, 5.74) is 0. The molecule has 88 valence electrons. The first kappa shape index (κ1) is 12.4. The molecule has 0 saturated carbocycles. The molecule has 1 heterocycles. The third-order valence-corrected chi connectivity index (χ3v) is 2.73. The van der Waals surface area contributed by atoms with E-state index in [1.165, 1.54) is 0 Å². The lowest BCUT2D eigenvalue weighted by Crippen LogP contribution is -2.44. The van der Waals surface area contributed by atoms with Gasteiger partial charge < -0.3 is 14.9 Å². The number of aliphatic carboxylic acids is 1. The van der Waals surface area contributed by atoms with Crippen LogP contribution in [0.2, 0.25) is 0 Å². The molecule has 0 aromatic heterocycles. The molecular formula is C10H19NO4. The molecule has 0 radical (unpaired) electrons. The second kappa shape index (κ2) is 6.05. The summed E-state index contributed by atoms with van der Waals surface area (Å²) in [5, 5.41) is 17.9. The van der Waals surface area contributed by atoms with Crippen LogP contribution in [0.5, 0.6) is 0 Å². The highest BCUT2D eigenvalue weighted by Crippen LogP contribution is 2.20. The molecule has 0 aromatic rings. The van der Waals surface area contributed by atoms with Crippen molar-refractivity contribution in [3.63, 3.8) is 0 Å². The van der Waals surface area contributed by atoms with Gasteiger partial charge >= 0.3 is 5.97 Å². The van der Waals surface area contributed by atoms with Crippen molar-refractivity contribution in [3.05, 3.63) is 0 Å². The maximum absolute atomic E-state index is 11.0. The van der Waals surface area contributed by atoms with E-state index in [9.17, 15) is 4.79 Å². The quantitative estimate of drug-likeness (QED) is 0.644. The highest BCUT2D eigenvalue weighted by Gasteiger charge is 2.37. The summed E-state index contributed by atoms with van der Waals surface area (Å²) in [7, 11) is 0. The van der Waals surface area contributed by atoms with Gasteiger partial charge in [0.2, 0.25) is 0 Å². The molecule has 0 amide bonds. The summed E-state index contributed by atoms with van der Waals surface area (Å²) in [6, 6.07) is -0.0883. The minimum atomic E-state index is -0.809. The SMILES string of the molecule is CCCN(CCO)C1COCC1C(=O)O. The van der Waals surface area contributed by atoms with Crippen LogP contribution in [0.3, 0.4) is 0 Å². The van der Waals surface area contributed by atoms with E-state index >= 15 is 0 Å². The lowest BCUT2D eigenvalue weighted by Gasteiger charge is -2.29. The average Bonchev–Trinajstić information content (AvgIpc) is 2.65. The largest absolute Gasteiger partial charge is 0.481 e. The Bertz CT molecular complexity index is 204. The Morgan fingerprint density at radius 2 is 2.20 bits per heavy atom. The zero-order chi connectivity index (χ0) is 11.3. The van der Waals surface area contributed by atoms with Crippen molar-refractivity contribution in [1.29, 1.82) is 0 Å². The van der Waals surface area contributed by atoms with E-state index in [-0.39, 0.29) is 19.3 Å². The molecule has 1 aliphatic rings. The zero-order valence-electron chi connectivity index (χ0n) is 9.06. The van der Waals surface area contributed by atoms with Crippen molar-refractivity contribution in [2.45, 2.75) is 19.4 Å². The predicted molar refractivity (Wildman–Crippen MR) is 54.7 cm³/mol. The second-order valence-corrected chi connectivity index (χ2v) is 3.81. The van der Waals surface area contributed by atoms with Crippen LogP contribution in [0.1, 0.15) is 13.3 Å². The number of aliphatic hydroxyl groups is 1. The summed E-state index contributed by atoms with van der Waals surface area (Å²) in [6.07, 6.45) is 0.947. The third kappa shape index (κ3) is 3.15. The van der Waals surface area contributed by atoms with Crippen LogP contribution < -0.4 is 0 Å². The Kier molecular flexibility index (Phi) is 5.01. The molecular weight excluding hydrogens is 198 g/mol. The Balaban J connectivity index is 2.60. The molecule has 1 saturated heterocycles. The summed E-state index contributed by atoms with van der Waals surface area (Å²) in [4.78, 5) is 13.0. The fourth-order valence-corrected chi connectivity index (χ4v) is 2.00. The van der Waals surface area contributed by atoms with E-state index in [0.717, 1.165) is 13.0 Å². The maximum atomic E-state index is 11.0. The monoisotopic (exact) mass is 217 g/mol. The summed E-state index contributed by atoms with van der Waals surface area (Å²) < 4.78 is 5.20. The van der Waals surface area contributed by atoms with Gasteiger partial charge in [-0.05, 0) is 13.0 Å². The second-order valence-electron chi connectivity index (χ2n) is 3.81. The van der Waals surface area contributed by atoms with Gasteiger partial charge in [-0.2, -0.15) is 0 Å². The van der Waals surface area contributed by atoms with E-state index < -0.39 is 11.9 Å². The van der Waals surface area contributed by atoms with Crippen LogP contribution in [0.25, 0.3) is 0 Å². The van der Waals surface area contributed by atoms with Gasteiger partial charge in [0.1, 0.15) is 0 Å². The molecule has 1 rings (SSSR count). The molecule has 2 N–H and O–H groups in total. The zero-order valence-corrected chi connectivity index (χ0v) is 9.06. The first-order valence-corrected chi connectivity index (χ1v) is 5.36. The first-order chi connectivity index (χ1) is 7.20. The van der Waals surface area contributed by atoms with Crippen molar-refractivity contribution in [1.82, 2.24) is 4.90 Å².